The van der Waals surface area contributed by atoms with E-state index < -0.39 is 18.1 Å². The van der Waals surface area contributed by atoms with E-state index in [0.29, 0.717) is 23.5 Å². The zero-order chi connectivity index (χ0) is 18.7. The molecule has 0 aromatic heterocycles. The molecule has 1 N–H and O–H groups in total. The molecule has 1 aliphatic heterocycles. The van der Waals surface area contributed by atoms with Crippen LogP contribution in [0.1, 0.15) is 29.2 Å². The lowest BCUT2D eigenvalue weighted by Crippen LogP contribution is -2.26. The van der Waals surface area contributed by atoms with Gasteiger partial charge in [-0.25, -0.2) is 4.79 Å². The summed E-state index contributed by atoms with van der Waals surface area (Å²) in [6, 6.07) is 13.0. The van der Waals surface area contributed by atoms with Crippen LogP contribution in [0.5, 0.6) is 11.5 Å². The summed E-state index contributed by atoms with van der Waals surface area (Å²) in [6.45, 7) is 3.90. The average Bonchev–Trinajstić information content (AvgIpc) is 2.95. The molecular weight excluding hydrogens is 332 g/mol. The molecule has 0 bridgehead atoms. The third-order valence-corrected chi connectivity index (χ3v) is 4.26. The number of imide groups is 1. The summed E-state index contributed by atoms with van der Waals surface area (Å²) in [5.41, 5.74) is 3.42. The van der Waals surface area contributed by atoms with Crippen LogP contribution in [-0.4, -0.2) is 18.1 Å². The minimum atomic E-state index is -0.791. The number of benzene rings is 2. The topological polar surface area (TPSA) is 88.4 Å². The second-order valence-corrected chi connectivity index (χ2v) is 6.07. The molecule has 6 nitrogen and oxygen atoms in total. The van der Waals surface area contributed by atoms with Crippen molar-refractivity contribution >= 4 is 12.0 Å². The Labute approximate surface area is 151 Å². The van der Waals surface area contributed by atoms with Crippen LogP contribution in [0.2, 0.25) is 0 Å². The van der Waals surface area contributed by atoms with Crippen LogP contribution in [0.3, 0.4) is 0 Å². The molecule has 0 aliphatic carbocycles. The number of rotatable bonds is 5. The van der Waals surface area contributed by atoms with Crippen LogP contribution in [0, 0.1) is 18.3 Å². The van der Waals surface area contributed by atoms with Crippen LogP contribution in [0.15, 0.2) is 36.4 Å². The maximum atomic E-state index is 11.7. The molecule has 3 rings (SSSR count). The van der Waals surface area contributed by atoms with Gasteiger partial charge in [0.15, 0.2) is 6.10 Å². The minimum absolute atomic E-state index is 0.330. The number of hydrogen-bond donors (Lipinski definition) is 1. The van der Waals surface area contributed by atoms with Crippen molar-refractivity contribution in [3.05, 3.63) is 58.7 Å². The highest BCUT2D eigenvalue weighted by Gasteiger charge is 2.32. The van der Waals surface area contributed by atoms with Gasteiger partial charge in [0.05, 0.1) is 11.6 Å². The van der Waals surface area contributed by atoms with Gasteiger partial charge in [0, 0.05) is 6.42 Å². The smallest absolute Gasteiger partial charge is 0.414 e. The van der Waals surface area contributed by atoms with Crippen LogP contribution < -0.4 is 10.1 Å². The molecule has 2 amide bonds. The van der Waals surface area contributed by atoms with Crippen molar-refractivity contribution in [2.24, 2.45) is 0 Å². The molecule has 1 fully saturated rings. The standard InChI is InChI=1S/C20H18N2O4/c1-3-14-9-16(25-17-7-4-13(11-21)8-12(17)2)6-5-15(14)10-18-19(23)22-20(24)26-18/h4-9,18H,3,10H2,1-2H3,(H,22,23,24). The first kappa shape index (κ1) is 17.5. The number of hydrogen-bond acceptors (Lipinski definition) is 5. The number of cyclic esters (lactones) is 1. The van der Waals surface area contributed by atoms with Crippen molar-refractivity contribution in [3.8, 4) is 17.6 Å². The van der Waals surface area contributed by atoms with Gasteiger partial charge in [0.1, 0.15) is 11.5 Å². The molecule has 1 saturated heterocycles. The SMILES string of the molecule is CCc1cc(Oc2ccc(C#N)cc2C)ccc1CC1OC(=O)NC1=O. The minimum Gasteiger partial charge on any atom is -0.457 e. The number of amides is 2. The normalized spacial score (nSPS) is 16.0. The van der Waals surface area contributed by atoms with Gasteiger partial charge in [0.25, 0.3) is 5.91 Å². The molecule has 1 atom stereocenters. The number of ether oxygens (including phenoxy) is 2. The third kappa shape index (κ3) is 3.67. The summed E-state index contributed by atoms with van der Waals surface area (Å²) in [4.78, 5) is 22.8. The van der Waals surface area contributed by atoms with Crippen LogP contribution in [0.25, 0.3) is 0 Å². The first-order chi connectivity index (χ1) is 12.5. The summed E-state index contributed by atoms with van der Waals surface area (Å²) >= 11 is 0. The predicted octanol–water partition coefficient (Wildman–Crippen LogP) is 3.40. The van der Waals surface area contributed by atoms with Crippen molar-refractivity contribution in [3.63, 3.8) is 0 Å². The number of nitriles is 1. The Morgan fingerprint density at radius 2 is 2.00 bits per heavy atom. The summed E-state index contributed by atoms with van der Waals surface area (Å²) in [7, 11) is 0. The first-order valence-corrected chi connectivity index (χ1v) is 8.32. The van der Waals surface area contributed by atoms with E-state index in [-0.39, 0.29) is 0 Å². The van der Waals surface area contributed by atoms with Gasteiger partial charge >= 0.3 is 6.09 Å². The number of carbonyl (C=O) groups is 2. The molecule has 0 spiro atoms. The Morgan fingerprint density at radius 1 is 1.19 bits per heavy atom. The zero-order valence-electron chi connectivity index (χ0n) is 14.5. The van der Waals surface area contributed by atoms with Gasteiger partial charge < -0.3 is 9.47 Å². The third-order valence-electron chi connectivity index (χ3n) is 4.26. The van der Waals surface area contributed by atoms with E-state index in [1.807, 2.05) is 32.0 Å². The predicted molar refractivity (Wildman–Crippen MR) is 93.9 cm³/mol. The molecule has 0 radical (unpaired) electrons. The highest BCUT2D eigenvalue weighted by molar-refractivity contribution is 6.00. The first-order valence-electron chi connectivity index (χ1n) is 8.32. The lowest BCUT2D eigenvalue weighted by atomic mass is 9.99. The molecule has 2 aromatic rings. The molecule has 1 heterocycles. The van der Waals surface area contributed by atoms with E-state index in [0.717, 1.165) is 23.1 Å². The molecule has 26 heavy (non-hydrogen) atoms. The molecule has 1 aliphatic rings. The second-order valence-electron chi connectivity index (χ2n) is 6.07. The Morgan fingerprint density at radius 3 is 2.62 bits per heavy atom. The van der Waals surface area contributed by atoms with E-state index in [1.165, 1.54) is 0 Å². The van der Waals surface area contributed by atoms with Crippen LogP contribution in [-0.2, 0) is 22.4 Å². The largest absolute Gasteiger partial charge is 0.457 e. The van der Waals surface area contributed by atoms with Gasteiger partial charge in [-0.3, -0.25) is 10.1 Å². The van der Waals surface area contributed by atoms with E-state index in [2.05, 4.69) is 11.4 Å². The maximum absolute atomic E-state index is 11.7. The van der Waals surface area contributed by atoms with Crippen molar-refractivity contribution in [2.45, 2.75) is 32.8 Å². The zero-order valence-corrected chi connectivity index (χ0v) is 14.5. The van der Waals surface area contributed by atoms with Gasteiger partial charge in [-0.1, -0.05) is 13.0 Å². The van der Waals surface area contributed by atoms with Crippen LogP contribution >= 0.6 is 0 Å². The fourth-order valence-corrected chi connectivity index (χ4v) is 2.88. The average molecular weight is 350 g/mol. The molecule has 132 valence electrons. The Hall–Kier alpha value is -3.33. The van der Waals surface area contributed by atoms with Gasteiger partial charge in [-0.15, -0.1) is 0 Å². The summed E-state index contributed by atoms with van der Waals surface area (Å²) in [5.74, 6) is 0.944. The molecule has 1 unspecified atom stereocenters. The summed E-state index contributed by atoms with van der Waals surface area (Å²) in [6.07, 6.45) is -0.410. The summed E-state index contributed by atoms with van der Waals surface area (Å²) in [5, 5.41) is 11.1. The monoisotopic (exact) mass is 350 g/mol. The number of alkyl carbamates (subject to hydrolysis) is 1. The van der Waals surface area contributed by atoms with Gasteiger partial charge in [0.2, 0.25) is 0 Å². The van der Waals surface area contributed by atoms with E-state index >= 15 is 0 Å². The fourth-order valence-electron chi connectivity index (χ4n) is 2.88. The van der Waals surface area contributed by atoms with Crippen molar-refractivity contribution in [1.82, 2.24) is 5.32 Å². The van der Waals surface area contributed by atoms with E-state index in [1.54, 1.807) is 18.2 Å². The highest BCUT2D eigenvalue weighted by atomic mass is 16.6. The van der Waals surface area contributed by atoms with E-state index in [9.17, 15) is 9.59 Å². The van der Waals surface area contributed by atoms with Crippen molar-refractivity contribution in [2.75, 3.05) is 0 Å². The lowest BCUT2D eigenvalue weighted by Gasteiger charge is -2.14. The quantitative estimate of drug-likeness (QED) is 0.893. The van der Waals surface area contributed by atoms with Crippen molar-refractivity contribution in [1.29, 1.82) is 5.26 Å². The molecular formula is C20H18N2O4. The number of carbonyl (C=O) groups excluding carboxylic acids is 2. The number of nitrogens with zero attached hydrogens (tertiary/aromatic N) is 1. The Kier molecular flexibility index (Phi) is 4.90. The second kappa shape index (κ2) is 7.28. The van der Waals surface area contributed by atoms with Crippen molar-refractivity contribution < 1.29 is 19.1 Å². The molecule has 2 aromatic carbocycles. The number of nitrogens with one attached hydrogen (secondary N) is 1. The maximum Gasteiger partial charge on any atom is 0.414 e. The molecule has 6 heteroatoms. The fraction of sp³-hybridized carbons (Fsp3) is 0.250. The van der Waals surface area contributed by atoms with E-state index in [4.69, 9.17) is 14.7 Å². The molecule has 0 saturated carbocycles. The summed E-state index contributed by atoms with van der Waals surface area (Å²) < 4.78 is 10.9. The van der Waals surface area contributed by atoms with Gasteiger partial charge in [-0.05, 0) is 60.4 Å². The Balaban J connectivity index is 1.79. The lowest BCUT2D eigenvalue weighted by molar-refractivity contribution is -0.123. The van der Waals surface area contributed by atoms with Crippen LogP contribution in [0.4, 0.5) is 4.79 Å². The highest BCUT2D eigenvalue weighted by Crippen LogP contribution is 2.28. The number of aryl methyl sites for hydroxylation is 2. The Bertz CT molecular complexity index is 915. The van der Waals surface area contributed by atoms with Gasteiger partial charge in [-0.2, -0.15) is 5.26 Å².